The zero-order valence-electron chi connectivity index (χ0n) is 10.5. The molecule has 0 amide bonds. The molecule has 1 aromatic rings. The lowest BCUT2D eigenvalue weighted by Gasteiger charge is -2.34. The number of nitrogens with zero attached hydrogens (tertiary/aromatic N) is 2. The summed E-state index contributed by atoms with van der Waals surface area (Å²) in [5.74, 6) is 0. The molecule has 2 heteroatoms. The van der Waals surface area contributed by atoms with Crippen LogP contribution < -0.4 is 0 Å². The summed E-state index contributed by atoms with van der Waals surface area (Å²) in [5.41, 5.74) is 2.67. The van der Waals surface area contributed by atoms with E-state index < -0.39 is 0 Å². The molecule has 0 aliphatic carbocycles. The third-order valence-electron chi connectivity index (χ3n) is 2.66. The van der Waals surface area contributed by atoms with Gasteiger partial charge in [0.25, 0.3) is 0 Å². The molecular formula is C13H22N2. The summed E-state index contributed by atoms with van der Waals surface area (Å²) >= 11 is 0. The molecule has 0 fully saturated rings. The second kappa shape index (κ2) is 4.75. The van der Waals surface area contributed by atoms with Gasteiger partial charge in [-0.2, -0.15) is 0 Å². The van der Waals surface area contributed by atoms with Crippen LogP contribution in [0.1, 0.15) is 39.0 Å². The Kier molecular flexibility index (Phi) is 3.86. The van der Waals surface area contributed by atoms with Crippen LogP contribution in [-0.2, 0) is 6.54 Å². The second-order valence-corrected chi connectivity index (χ2v) is 4.99. The molecule has 0 aliphatic rings. The summed E-state index contributed by atoms with van der Waals surface area (Å²) in [5, 5.41) is 0. The highest BCUT2D eigenvalue weighted by atomic mass is 15.2. The minimum Gasteiger partial charge on any atom is -0.295 e. The Labute approximate surface area is 93.3 Å². The highest BCUT2D eigenvalue weighted by Gasteiger charge is 2.19. The van der Waals surface area contributed by atoms with E-state index >= 15 is 0 Å². The summed E-state index contributed by atoms with van der Waals surface area (Å²) in [6.07, 6.45) is 1.89. The van der Waals surface area contributed by atoms with Crippen molar-refractivity contribution in [1.29, 1.82) is 0 Å². The molecule has 0 saturated carbocycles. The lowest BCUT2D eigenvalue weighted by molar-refractivity contribution is 0.136. The van der Waals surface area contributed by atoms with E-state index in [0.29, 0.717) is 0 Å². The lowest BCUT2D eigenvalue weighted by atomic mass is 10.0. The first-order valence-corrected chi connectivity index (χ1v) is 5.60. The summed E-state index contributed by atoms with van der Waals surface area (Å²) < 4.78 is 0. The van der Waals surface area contributed by atoms with Crippen molar-refractivity contribution < 1.29 is 0 Å². The number of hydrogen-bond donors (Lipinski definition) is 0. The summed E-state index contributed by atoms with van der Waals surface area (Å²) in [7, 11) is 0. The molecule has 1 heterocycles. The maximum atomic E-state index is 4.22. The zero-order valence-corrected chi connectivity index (χ0v) is 10.5. The average molecular weight is 206 g/mol. The summed E-state index contributed by atoms with van der Waals surface area (Å²) in [6.45, 7) is 13.1. The maximum absolute atomic E-state index is 4.22. The Morgan fingerprint density at radius 2 is 2.00 bits per heavy atom. The molecule has 0 radical (unpaired) electrons. The van der Waals surface area contributed by atoms with E-state index in [4.69, 9.17) is 0 Å². The molecule has 0 aromatic carbocycles. The molecule has 0 N–H and O–H groups in total. The Hall–Kier alpha value is -0.890. The largest absolute Gasteiger partial charge is 0.295 e. The van der Waals surface area contributed by atoms with Crippen LogP contribution in [0.2, 0.25) is 0 Å². The van der Waals surface area contributed by atoms with Crippen molar-refractivity contribution in [3.8, 4) is 0 Å². The predicted molar refractivity (Wildman–Crippen MR) is 64.8 cm³/mol. The van der Waals surface area contributed by atoms with Gasteiger partial charge in [-0.05, 0) is 51.9 Å². The van der Waals surface area contributed by atoms with Gasteiger partial charge in [-0.15, -0.1) is 0 Å². The molecule has 15 heavy (non-hydrogen) atoms. The number of aromatic nitrogens is 1. The van der Waals surface area contributed by atoms with E-state index in [1.54, 1.807) is 0 Å². The molecule has 84 valence electrons. The van der Waals surface area contributed by atoms with Gasteiger partial charge in [0.1, 0.15) is 0 Å². The Morgan fingerprint density at radius 3 is 2.47 bits per heavy atom. The van der Waals surface area contributed by atoms with E-state index in [2.05, 4.69) is 49.7 Å². The van der Waals surface area contributed by atoms with E-state index in [-0.39, 0.29) is 5.54 Å². The van der Waals surface area contributed by atoms with Crippen LogP contribution in [0.15, 0.2) is 18.3 Å². The summed E-state index contributed by atoms with van der Waals surface area (Å²) in [4.78, 5) is 6.68. The number of rotatable bonds is 3. The molecule has 0 bridgehead atoms. The molecule has 1 rings (SSSR count). The van der Waals surface area contributed by atoms with Gasteiger partial charge in [0, 0.05) is 24.0 Å². The highest BCUT2D eigenvalue weighted by Crippen LogP contribution is 2.16. The normalized spacial score (nSPS) is 12.1. The van der Waals surface area contributed by atoms with Crippen molar-refractivity contribution in [2.45, 2.75) is 46.7 Å². The van der Waals surface area contributed by atoms with Gasteiger partial charge in [-0.25, -0.2) is 0 Å². The molecule has 0 spiro atoms. The minimum atomic E-state index is 0.228. The predicted octanol–water partition coefficient (Wildman–Crippen LogP) is 3.01. The van der Waals surface area contributed by atoms with Gasteiger partial charge in [0.2, 0.25) is 0 Å². The average Bonchev–Trinajstić information content (AvgIpc) is 2.12. The molecule has 0 saturated heterocycles. The van der Waals surface area contributed by atoms with Gasteiger partial charge >= 0.3 is 0 Å². The third-order valence-corrected chi connectivity index (χ3v) is 2.66. The molecular weight excluding hydrogens is 184 g/mol. The Balaban J connectivity index is 2.76. The first kappa shape index (κ1) is 12.2. The first-order chi connectivity index (χ1) is 6.93. The van der Waals surface area contributed by atoms with Gasteiger partial charge in [-0.1, -0.05) is 6.92 Å². The maximum Gasteiger partial charge on any atom is 0.0375 e. The van der Waals surface area contributed by atoms with E-state index in [1.807, 2.05) is 13.1 Å². The standard InChI is InChI=1S/C13H22N2/c1-6-15(13(3,4)5)10-12-7-8-14-11(2)9-12/h7-9H,6,10H2,1-5H3. The van der Waals surface area contributed by atoms with Crippen molar-refractivity contribution in [2.75, 3.05) is 6.54 Å². The van der Waals surface area contributed by atoms with Crippen molar-refractivity contribution in [3.05, 3.63) is 29.6 Å². The van der Waals surface area contributed by atoms with Gasteiger partial charge in [0.05, 0.1) is 0 Å². The molecule has 1 aromatic heterocycles. The lowest BCUT2D eigenvalue weighted by Crippen LogP contribution is -2.40. The van der Waals surface area contributed by atoms with E-state index in [0.717, 1.165) is 18.8 Å². The number of pyridine rings is 1. The van der Waals surface area contributed by atoms with Gasteiger partial charge in [0.15, 0.2) is 0 Å². The molecule has 0 atom stereocenters. The monoisotopic (exact) mass is 206 g/mol. The van der Waals surface area contributed by atoms with E-state index in [1.165, 1.54) is 5.56 Å². The van der Waals surface area contributed by atoms with Crippen LogP contribution in [-0.4, -0.2) is 22.0 Å². The van der Waals surface area contributed by atoms with Crippen molar-refractivity contribution in [2.24, 2.45) is 0 Å². The molecule has 0 unspecified atom stereocenters. The first-order valence-electron chi connectivity index (χ1n) is 5.60. The van der Waals surface area contributed by atoms with Crippen LogP contribution in [0.4, 0.5) is 0 Å². The minimum absolute atomic E-state index is 0.228. The topological polar surface area (TPSA) is 16.1 Å². The van der Waals surface area contributed by atoms with Crippen LogP contribution in [0.25, 0.3) is 0 Å². The smallest absolute Gasteiger partial charge is 0.0375 e. The Morgan fingerprint density at radius 1 is 1.33 bits per heavy atom. The van der Waals surface area contributed by atoms with Crippen LogP contribution >= 0.6 is 0 Å². The fourth-order valence-corrected chi connectivity index (χ4v) is 1.75. The number of hydrogen-bond acceptors (Lipinski definition) is 2. The zero-order chi connectivity index (χ0) is 11.5. The number of aryl methyl sites for hydroxylation is 1. The van der Waals surface area contributed by atoms with Crippen LogP contribution in [0.5, 0.6) is 0 Å². The van der Waals surface area contributed by atoms with Crippen LogP contribution in [0, 0.1) is 6.92 Å². The fraction of sp³-hybridized carbons (Fsp3) is 0.615. The second-order valence-electron chi connectivity index (χ2n) is 4.99. The van der Waals surface area contributed by atoms with E-state index in [9.17, 15) is 0 Å². The Bertz CT molecular complexity index is 313. The molecule has 2 nitrogen and oxygen atoms in total. The summed E-state index contributed by atoms with van der Waals surface area (Å²) in [6, 6.07) is 4.26. The quantitative estimate of drug-likeness (QED) is 0.755. The van der Waals surface area contributed by atoms with Crippen molar-refractivity contribution in [3.63, 3.8) is 0 Å². The highest BCUT2D eigenvalue weighted by molar-refractivity contribution is 5.15. The van der Waals surface area contributed by atoms with Crippen molar-refractivity contribution >= 4 is 0 Å². The SMILES string of the molecule is CCN(Cc1ccnc(C)c1)C(C)(C)C. The van der Waals surface area contributed by atoms with Gasteiger partial charge in [-0.3, -0.25) is 9.88 Å². The third kappa shape index (κ3) is 3.63. The van der Waals surface area contributed by atoms with Crippen LogP contribution in [0.3, 0.4) is 0 Å². The van der Waals surface area contributed by atoms with Crippen molar-refractivity contribution in [1.82, 2.24) is 9.88 Å². The van der Waals surface area contributed by atoms with Gasteiger partial charge < -0.3 is 0 Å². The fourth-order valence-electron chi connectivity index (χ4n) is 1.75. The molecule has 0 aliphatic heterocycles.